The Bertz CT molecular complexity index is 926. The average molecular weight is 366 g/mol. The van der Waals surface area contributed by atoms with Gasteiger partial charge in [0.15, 0.2) is 5.72 Å². The van der Waals surface area contributed by atoms with Gasteiger partial charge in [-0.2, -0.15) is 0 Å². The summed E-state index contributed by atoms with van der Waals surface area (Å²) in [5.74, 6) is 0.257. The molecule has 1 fully saturated rings. The van der Waals surface area contributed by atoms with Crippen LogP contribution in [0.25, 0.3) is 0 Å². The number of para-hydroxylation sites is 1. The first-order valence-corrected chi connectivity index (χ1v) is 9.06. The molecule has 0 saturated carbocycles. The number of fused-ring (bicyclic) bond motifs is 4. The molecule has 2 atom stereocenters. The van der Waals surface area contributed by atoms with E-state index >= 15 is 0 Å². The molecule has 0 aliphatic carbocycles. The molecule has 0 aromatic heterocycles. The summed E-state index contributed by atoms with van der Waals surface area (Å²) in [4.78, 5) is 26.6. The lowest BCUT2D eigenvalue weighted by molar-refractivity contribution is 0.0376. The van der Waals surface area contributed by atoms with Crippen LogP contribution in [0, 0.1) is 0 Å². The Kier molecular flexibility index (Phi) is 4.06. The molecule has 4 rings (SSSR count). The smallest absolute Gasteiger partial charge is 0.337 e. The molecular weight excluding hydrogens is 344 g/mol. The lowest BCUT2D eigenvalue weighted by Crippen LogP contribution is -2.65. The van der Waals surface area contributed by atoms with Crippen molar-refractivity contribution in [3.05, 3.63) is 59.2 Å². The monoisotopic (exact) mass is 366 g/mol. The van der Waals surface area contributed by atoms with Gasteiger partial charge in [0.2, 0.25) is 0 Å². The standard InChI is InChI=1S/C21H22N2O4/c1-4-13-7-5-6-8-17(13)23-20(25)22-16-12-21(23,2)27-18-10-9-14(11-15(16)18)19(24)26-3/h5-11,16H,4,12H2,1-3H3,(H,22,25)/t16-,21+/m0/s1. The minimum Gasteiger partial charge on any atom is -0.467 e. The number of nitrogens with zero attached hydrogens (tertiary/aromatic N) is 1. The van der Waals surface area contributed by atoms with E-state index in [0.717, 1.165) is 23.2 Å². The Morgan fingerprint density at radius 2 is 2.11 bits per heavy atom. The summed E-state index contributed by atoms with van der Waals surface area (Å²) in [6.07, 6.45) is 1.40. The number of anilines is 1. The van der Waals surface area contributed by atoms with E-state index in [2.05, 4.69) is 12.2 Å². The van der Waals surface area contributed by atoms with Gasteiger partial charge >= 0.3 is 12.0 Å². The van der Waals surface area contributed by atoms with Crippen LogP contribution in [-0.2, 0) is 11.2 Å². The number of urea groups is 1. The predicted octanol–water partition coefficient (Wildman–Crippen LogP) is 3.81. The lowest BCUT2D eigenvalue weighted by Gasteiger charge is -2.51. The molecule has 0 unspecified atom stereocenters. The van der Waals surface area contributed by atoms with E-state index < -0.39 is 11.7 Å². The molecule has 140 valence electrons. The van der Waals surface area contributed by atoms with Crippen LogP contribution in [0.4, 0.5) is 10.5 Å². The first-order chi connectivity index (χ1) is 13.0. The van der Waals surface area contributed by atoms with E-state index in [1.54, 1.807) is 23.1 Å². The van der Waals surface area contributed by atoms with Crippen LogP contribution >= 0.6 is 0 Å². The summed E-state index contributed by atoms with van der Waals surface area (Å²) in [6, 6.07) is 12.6. The summed E-state index contributed by atoms with van der Waals surface area (Å²) in [5.41, 5.74) is 2.37. The van der Waals surface area contributed by atoms with Crippen molar-refractivity contribution in [2.24, 2.45) is 0 Å². The van der Waals surface area contributed by atoms with Gasteiger partial charge in [0.1, 0.15) is 5.75 Å². The number of carbonyl (C=O) groups is 2. The van der Waals surface area contributed by atoms with Crippen molar-refractivity contribution in [1.82, 2.24) is 5.32 Å². The molecule has 6 heteroatoms. The average Bonchev–Trinajstić information content (AvgIpc) is 2.66. The van der Waals surface area contributed by atoms with Crippen LogP contribution in [0.3, 0.4) is 0 Å². The highest BCUT2D eigenvalue weighted by atomic mass is 16.5. The number of hydrogen-bond donors (Lipinski definition) is 1. The SMILES string of the molecule is CCc1ccccc1N1C(=O)N[C@H]2C[C@@]1(C)Oc1ccc(C(=O)OC)cc12. The highest BCUT2D eigenvalue weighted by Gasteiger charge is 2.50. The molecule has 6 nitrogen and oxygen atoms in total. The van der Waals surface area contributed by atoms with Crippen LogP contribution in [0.5, 0.6) is 5.75 Å². The number of methoxy groups -OCH3 is 1. The maximum atomic E-state index is 13.0. The molecular formula is C21H22N2O4. The molecule has 27 heavy (non-hydrogen) atoms. The molecule has 1 saturated heterocycles. The van der Waals surface area contributed by atoms with Gasteiger partial charge in [-0.25, -0.2) is 9.59 Å². The van der Waals surface area contributed by atoms with E-state index in [9.17, 15) is 9.59 Å². The Labute approximate surface area is 158 Å². The maximum Gasteiger partial charge on any atom is 0.337 e. The van der Waals surface area contributed by atoms with Crippen molar-refractivity contribution in [2.45, 2.75) is 38.5 Å². The second-order valence-electron chi connectivity index (χ2n) is 7.05. The summed E-state index contributed by atoms with van der Waals surface area (Å²) >= 11 is 0. The molecule has 0 radical (unpaired) electrons. The molecule has 2 bridgehead atoms. The van der Waals surface area contributed by atoms with Crippen molar-refractivity contribution in [2.75, 3.05) is 12.0 Å². The Balaban J connectivity index is 1.77. The molecule has 2 aromatic carbocycles. The Morgan fingerprint density at radius 1 is 1.33 bits per heavy atom. The highest BCUT2D eigenvalue weighted by Crippen LogP contribution is 2.46. The van der Waals surface area contributed by atoms with Crippen molar-refractivity contribution in [3.8, 4) is 5.75 Å². The van der Waals surface area contributed by atoms with Crippen LogP contribution in [-0.4, -0.2) is 24.8 Å². The molecule has 1 N–H and O–H groups in total. The summed E-state index contributed by atoms with van der Waals surface area (Å²) in [6.45, 7) is 4.00. The lowest BCUT2D eigenvalue weighted by atomic mass is 9.89. The van der Waals surface area contributed by atoms with Gasteiger partial charge in [-0.3, -0.25) is 4.90 Å². The predicted molar refractivity (Wildman–Crippen MR) is 101 cm³/mol. The summed E-state index contributed by atoms with van der Waals surface area (Å²) in [5, 5.41) is 3.07. The zero-order chi connectivity index (χ0) is 19.2. The number of nitrogens with one attached hydrogen (secondary N) is 1. The van der Waals surface area contributed by atoms with Crippen molar-refractivity contribution in [3.63, 3.8) is 0 Å². The molecule has 2 aliphatic rings. The highest BCUT2D eigenvalue weighted by molar-refractivity contribution is 5.96. The quantitative estimate of drug-likeness (QED) is 0.839. The Hall–Kier alpha value is -3.02. The molecule has 0 spiro atoms. The van der Waals surface area contributed by atoms with Gasteiger partial charge in [-0.1, -0.05) is 25.1 Å². The largest absolute Gasteiger partial charge is 0.467 e. The van der Waals surface area contributed by atoms with E-state index in [1.807, 2.05) is 31.2 Å². The third-order valence-electron chi connectivity index (χ3n) is 5.31. The third kappa shape index (κ3) is 2.72. The minimum absolute atomic E-state index is 0.205. The first-order valence-electron chi connectivity index (χ1n) is 9.06. The van der Waals surface area contributed by atoms with Gasteiger partial charge in [-0.15, -0.1) is 0 Å². The number of carbonyl (C=O) groups excluding carboxylic acids is 2. The zero-order valence-electron chi connectivity index (χ0n) is 15.6. The van der Waals surface area contributed by atoms with Crippen molar-refractivity contribution < 1.29 is 19.1 Å². The van der Waals surface area contributed by atoms with Crippen molar-refractivity contribution >= 4 is 17.7 Å². The fourth-order valence-electron chi connectivity index (χ4n) is 4.01. The van der Waals surface area contributed by atoms with Gasteiger partial charge in [-0.05, 0) is 43.2 Å². The van der Waals surface area contributed by atoms with Crippen LogP contribution < -0.4 is 15.0 Å². The fraction of sp³-hybridized carbons (Fsp3) is 0.333. The molecule has 2 aromatic rings. The maximum absolute atomic E-state index is 13.0. The number of rotatable bonds is 3. The number of ether oxygens (including phenoxy) is 2. The topological polar surface area (TPSA) is 67.9 Å². The summed E-state index contributed by atoms with van der Waals surface area (Å²) in [7, 11) is 1.35. The number of hydrogen-bond acceptors (Lipinski definition) is 4. The molecule has 2 aliphatic heterocycles. The Morgan fingerprint density at radius 3 is 2.85 bits per heavy atom. The number of benzene rings is 2. The second-order valence-corrected chi connectivity index (χ2v) is 7.05. The van der Waals surface area contributed by atoms with E-state index in [4.69, 9.17) is 9.47 Å². The van der Waals surface area contributed by atoms with Gasteiger partial charge < -0.3 is 14.8 Å². The normalized spacial score (nSPS) is 23.1. The van der Waals surface area contributed by atoms with Crippen LogP contribution in [0.15, 0.2) is 42.5 Å². The van der Waals surface area contributed by atoms with Gasteiger partial charge in [0.25, 0.3) is 0 Å². The second kappa shape index (κ2) is 6.30. The number of esters is 1. The van der Waals surface area contributed by atoms with Gasteiger partial charge in [0.05, 0.1) is 24.4 Å². The van der Waals surface area contributed by atoms with E-state index in [0.29, 0.717) is 17.7 Å². The first kappa shape index (κ1) is 17.4. The minimum atomic E-state index is -0.807. The van der Waals surface area contributed by atoms with Crippen LogP contribution in [0.2, 0.25) is 0 Å². The van der Waals surface area contributed by atoms with Gasteiger partial charge in [0, 0.05) is 12.0 Å². The van der Waals surface area contributed by atoms with Crippen LogP contribution in [0.1, 0.15) is 47.8 Å². The third-order valence-corrected chi connectivity index (χ3v) is 5.31. The fourth-order valence-corrected chi connectivity index (χ4v) is 4.01. The summed E-state index contributed by atoms with van der Waals surface area (Å²) < 4.78 is 11.1. The van der Waals surface area contributed by atoms with Crippen molar-refractivity contribution in [1.29, 1.82) is 0 Å². The molecule has 2 heterocycles. The zero-order valence-corrected chi connectivity index (χ0v) is 15.6. The number of amides is 2. The van der Waals surface area contributed by atoms with E-state index in [-0.39, 0.29) is 12.1 Å². The number of aryl methyl sites for hydroxylation is 1. The molecule has 2 amide bonds. The van der Waals surface area contributed by atoms with E-state index in [1.165, 1.54) is 7.11 Å².